The van der Waals surface area contributed by atoms with Gasteiger partial charge in [-0.1, -0.05) is 25.1 Å². The van der Waals surface area contributed by atoms with Crippen molar-refractivity contribution >= 4 is 12.4 Å². The molecule has 2 nitrogen and oxygen atoms in total. The maximum absolute atomic E-state index is 5.71. The lowest BCUT2D eigenvalue weighted by atomic mass is 10.1. The summed E-state index contributed by atoms with van der Waals surface area (Å²) in [5, 5.41) is 3.23. The van der Waals surface area contributed by atoms with E-state index in [2.05, 4.69) is 44.3 Å². The number of rotatable bonds is 5. The number of likely N-dealkylation sites (N-methyl/N-ethyl adjacent to an activating group) is 1. The van der Waals surface area contributed by atoms with Crippen molar-refractivity contribution in [3.8, 4) is 5.75 Å². The lowest BCUT2D eigenvalue weighted by Crippen LogP contribution is -2.20. The quantitative estimate of drug-likeness (QED) is 0.784. The summed E-state index contributed by atoms with van der Waals surface area (Å²) >= 11 is 0. The molecule has 0 saturated carbocycles. The molecule has 0 spiro atoms. The zero-order valence-corrected chi connectivity index (χ0v) is 10.5. The molecule has 15 heavy (non-hydrogen) atoms. The van der Waals surface area contributed by atoms with Crippen LogP contribution in [0.5, 0.6) is 5.75 Å². The first-order valence-corrected chi connectivity index (χ1v) is 5.15. The summed E-state index contributed by atoms with van der Waals surface area (Å²) in [6.07, 6.45) is 0. The smallest absolute Gasteiger partial charge is 0.125 e. The number of aryl methyl sites for hydroxylation is 2. The first kappa shape index (κ1) is 14.3. The van der Waals surface area contributed by atoms with E-state index in [-0.39, 0.29) is 12.4 Å². The molecule has 3 heteroatoms. The monoisotopic (exact) mass is 229 g/mol. The van der Waals surface area contributed by atoms with Gasteiger partial charge in [0.25, 0.3) is 0 Å². The predicted molar refractivity (Wildman–Crippen MR) is 67.2 cm³/mol. The molecule has 0 amide bonds. The lowest BCUT2D eigenvalue weighted by molar-refractivity contribution is 0.311. The molecule has 0 saturated heterocycles. The third kappa shape index (κ3) is 4.54. The van der Waals surface area contributed by atoms with Gasteiger partial charge in [0.05, 0.1) is 0 Å². The van der Waals surface area contributed by atoms with Crippen LogP contribution in [0, 0.1) is 13.8 Å². The molecule has 1 aromatic carbocycles. The fourth-order valence-electron chi connectivity index (χ4n) is 1.43. The number of hydrogen-bond donors (Lipinski definition) is 1. The summed E-state index contributed by atoms with van der Waals surface area (Å²) in [5.41, 5.74) is 2.42. The molecule has 0 aliphatic heterocycles. The van der Waals surface area contributed by atoms with Crippen LogP contribution in [0.2, 0.25) is 0 Å². The average molecular weight is 230 g/mol. The molecular weight excluding hydrogens is 210 g/mol. The third-order valence-electron chi connectivity index (χ3n) is 2.18. The zero-order valence-electron chi connectivity index (χ0n) is 9.67. The summed E-state index contributed by atoms with van der Waals surface area (Å²) in [6.45, 7) is 8.89. The molecule has 1 N–H and O–H groups in total. The highest BCUT2D eigenvalue weighted by molar-refractivity contribution is 5.85. The maximum Gasteiger partial charge on any atom is 0.125 e. The second-order valence-corrected chi connectivity index (χ2v) is 3.42. The Balaban J connectivity index is 0.00000196. The largest absolute Gasteiger partial charge is 0.492 e. The van der Waals surface area contributed by atoms with Gasteiger partial charge in [-0.2, -0.15) is 0 Å². The molecule has 0 bridgehead atoms. The van der Waals surface area contributed by atoms with Crippen LogP contribution in [0.25, 0.3) is 0 Å². The summed E-state index contributed by atoms with van der Waals surface area (Å²) in [7, 11) is 0. The van der Waals surface area contributed by atoms with E-state index in [9.17, 15) is 0 Å². The summed E-state index contributed by atoms with van der Waals surface area (Å²) in [5.74, 6) is 1.03. The first-order chi connectivity index (χ1) is 6.75. The van der Waals surface area contributed by atoms with Crippen LogP contribution in [0.1, 0.15) is 18.1 Å². The third-order valence-corrected chi connectivity index (χ3v) is 2.18. The SMILES string of the molecule is CCNCCOc1c(C)cccc1C.Cl. The van der Waals surface area contributed by atoms with Crippen LogP contribution in [-0.2, 0) is 0 Å². The zero-order chi connectivity index (χ0) is 10.4. The number of benzene rings is 1. The molecule has 0 aromatic heterocycles. The number of para-hydroxylation sites is 1. The van der Waals surface area contributed by atoms with Gasteiger partial charge < -0.3 is 10.1 Å². The summed E-state index contributed by atoms with van der Waals surface area (Å²) < 4.78 is 5.71. The van der Waals surface area contributed by atoms with E-state index in [0.29, 0.717) is 0 Å². The van der Waals surface area contributed by atoms with Crippen LogP contribution in [0.3, 0.4) is 0 Å². The van der Waals surface area contributed by atoms with E-state index in [0.717, 1.165) is 25.4 Å². The van der Waals surface area contributed by atoms with Gasteiger partial charge >= 0.3 is 0 Å². The summed E-state index contributed by atoms with van der Waals surface area (Å²) in [4.78, 5) is 0. The van der Waals surface area contributed by atoms with Crippen LogP contribution in [0.15, 0.2) is 18.2 Å². The van der Waals surface area contributed by atoms with Gasteiger partial charge in [0.1, 0.15) is 12.4 Å². The Labute approximate surface area is 98.4 Å². The number of nitrogens with one attached hydrogen (secondary N) is 1. The molecule has 0 aliphatic rings. The van der Waals surface area contributed by atoms with Gasteiger partial charge in [-0.05, 0) is 31.5 Å². The molecule has 0 atom stereocenters. The van der Waals surface area contributed by atoms with Crippen molar-refractivity contribution in [1.82, 2.24) is 5.32 Å². The number of ether oxygens (including phenoxy) is 1. The minimum Gasteiger partial charge on any atom is -0.492 e. The van der Waals surface area contributed by atoms with E-state index >= 15 is 0 Å². The topological polar surface area (TPSA) is 21.3 Å². The maximum atomic E-state index is 5.71. The van der Waals surface area contributed by atoms with E-state index in [4.69, 9.17) is 4.74 Å². The van der Waals surface area contributed by atoms with Crippen LogP contribution < -0.4 is 10.1 Å². The van der Waals surface area contributed by atoms with Crippen LogP contribution in [0.4, 0.5) is 0 Å². The molecule has 0 aliphatic carbocycles. The molecule has 0 fully saturated rings. The minimum atomic E-state index is 0. The standard InChI is InChI=1S/C12H19NO.ClH/c1-4-13-8-9-14-12-10(2)6-5-7-11(12)3;/h5-7,13H,4,8-9H2,1-3H3;1H. The Kier molecular flexibility index (Phi) is 7.18. The normalized spacial score (nSPS) is 9.53. The van der Waals surface area contributed by atoms with Crippen molar-refractivity contribution in [2.24, 2.45) is 0 Å². The molecule has 86 valence electrons. The van der Waals surface area contributed by atoms with Gasteiger partial charge in [-0.15, -0.1) is 12.4 Å². The van der Waals surface area contributed by atoms with Crippen molar-refractivity contribution in [2.45, 2.75) is 20.8 Å². The van der Waals surface area contributed by atoms with Crippen molar-refractivity contribution in [3.05, 3.63) is 29.3 Å². The molecule has 0 heterocycles. The molecular formula is C12H20ClNO. The van der Waals surface area contributed by atoms with E-state index in [1.165, 1.54) is 11.1 Å². The van der Waals surface area contributed by atoms with Gasteiger partial charge in [0.15, 0.2) is 0 Å². The molecule has 1 aromatic rings. The Morgan fingerprint density at radius 3 is 2.33 bits per heavy atom. The molecule has 1 rings (SSSR count). The van der Waals surface area contributed by atoms with Crippen molar-refractivity contribution in [2.75, 3.05) is 19.7 Å². The Bertz CT molecular complexity index is 269. The Morgan fingerprint density at radius 1 is 1.20 bits per heavy atom. The van der Waals surface area contributed by atoms with Crippen molar-refractivity contribution in [1.29, 1.82) is 0 Å². The van der Waals surface area contributed by atoms with Crippen molar-refractivity contribution < 1.29 is 4.74 Å². The van der Waals surface area contributed by atoms with Gasteiger partial charge in [-0.3, -0.25) is 0 Å². The number of hydrogen-bond acceptors (Lipinski definition) is 2. The fraction of sp³-hybridized carbons (Fsp3) is 0.500. The second-order valence-electron chi connectivity index (χ2n) is 3.42. The van der Waals surface area contributed by atoms with E-state index in [1.54, 1.807) is 0 Å². The van der Waals surface area contributed by atoms with Crippen LogP contribution in [-0.4, -0.2) is 19.7 Å². The van der Waals surface area contributed by atoms with E-state index < -0.39 is 0 Å². The van der Waals surface area contributed by atoms with Gasteiger partial charge in [0, 0.05) is 6.54 Å². The van der Waals surface area contributed by atoms with Crippen molar-refractivity contribution in [3.63, 3.8) is 0 Å². The highest BCUT2D eigenvalue weighted by atomic mass is 35.5. The second kappa shape index (κ2) is 7.55. The van der Waals surface area contributed by atoms with Gasteiger partial charge in [0.2, 0.25) is 0 Å². The summed E-state index contributed by atoms with van der Waals surface area (Å²) in [6, 6.07) is 6.22. The highest BCUT2D eigenvalue weighted by Crippen LogP contribution is 2.21. The highest BCUT2D eigenvalue weighted by Gasteiger charge is 2.01. The van der Waals surface area contributed by atoms with Crippen LogP contribution >= 0.6 is 12.4 Å². The van der Waals surface area contributed by atoms with Gasteiger partial charge in [-0.25, -0.2) is 0 Å². The molecule has 0 unspecified atom stereocenters. The fourth-order valence-corrected chi connectivity index (χ4v) is 1.43. The van der Waals surface area contributed by atoms with E-state index in [1.807, 2.05) is 0 Å². The predicted octanol–water partition coefficient (Wildman–Crippen LogP) is 2.71. The molecule has 0 radical (unpaired) electrons. The minimum absolute atomic E-state index is 0. The Hall–Kier alpha value is -0.730. The Morgan fingerprint density at radius 2 is 1.80 bits per heavy atom. The lowest BCUT2D eigenvalue weighted by Gasteiger charge is -2.11. The average Bonchev–Trinajstić information content (AvgIpc) is 2.16. The number of halogens is 1. The first-order valence-electron chi connectivity index (χ1n) is 5.15.